The van der Waals surface area contributed by atoms with E-state index in [9.17, 15) is 52.3 Å². The van der Waals surface area contributed by atoms with Crippen LogP contribution < -0.4 is 0 Å². The third-order valence-electron chi connectivity index (χ3n) is 2.42. The van der Waals surface area contributed by atoms with Crippen molar-refractivity contribution in [2.45, 2.75) is 35.2 Å². The van der Waals surface area contributed by atoms with Crippen LogP contribution in [0.5, 0.6) is 0 Å². The van der Waals surface area contributed by atoms with Gasteiger partial charge in [-0.3, -0.25) is 0 Å². The molecule has 0 N–H and O–H groups in total. The summed E-state index contributed by atoms with van der Waals surface area (Å²) >= 11 is -0.810. The lowest BCUT2D eigenvalue weighted by Crippen LogP contribution is -2.55. The normalized spacial score (nSPS) is 15.9. The molecule has 142 valence electrons. The number of hydrogen-bond acceptors (Lipinski definition) is 4. The van der Waals surface area contributed by atoms with Gasteiger partial charge in [0, 0.05) is 5.75 Å². The van der Waals surface area contributed by atoms with E-state index in [2.05, 4.69) is 0 Å². The minimum atomic E-state index is -6.76. The molecule has 0 aromatic carbocycles. The lowest BCUT2D eigenvalue weighted by molar-refractivity contribution is -0.348. The molecule has 1 atom stereocenters. The fourth-order valence-corrected chi connectivity index (χ4v) is 3.52. The van der Waals surface area contributed by atoms with Crippen LogP contribution in [0.3, 0.4) is 0 Å². The molecule has 3 nitrogen and oxygen atoms in total. The molecule has 1 unspecified atom stereocenters. The molecule has 0 bridgehead atoms. The Hall–Kier alpha value is -0.910. The number of thioether (sulfide) groups is 1. The second-order valence-corrected chi connectivity index (χ2v) is 7.63. The molecule has 15 heteroatoms. The van der Waals surface area contributed by atoms with Crippen molar-refractivity contribution < 1.29 is 52.3 Å². The number of rotatable bonds is 7. The van der Waals surface area contributed by atoms with E-state index in [-0.39, 0.29) is 0 Å². The highest BCUT2D eigenvalue weighted by atomic mass is 32.2. The molecular weight excluding hydrogens is 408 g/mol. The Morgan fingerprint density at radius 2 is 1.42 bits per heavy atom. The summed E-state index contributed by atoms with van der Waals surface area (Å²) in [6.07, 6.45) is -7.95. The van der Waals surface area contributed by atoms with Crippen molar-refractivity contribution in [1.29, 1.82) is 5.26 Å². The second-order valence-electron chi connectivity index (χ2n) is 4.28. The first-order chi connectivity index (χ1) is 10.4. The van der Waals surface area contributed by atoms with Gasteiger partial charge in [0.1, 0.15) is 11.0 Å². The predicted molar refractivity (Wildman–Crippen MR) is 62.3 cm³/mol. The summed E-state index contributed by atoms with van der Waals surface area (Å²) in [4.78, 5) is 0. The zero-order valence-electron chi connectivity index (χ0n) is 11.1. The Bertz CT molecular complexity index is 575. The average molecular weight is 415 g/mol. The molecule has 0 fully saturated rings. The first kappa shape index (κ1) is 23.1. The fourth-order valence-electron chi connectivity index (χ4n) is 1.26. The van der Waals surface area contributed by atoms with Gasteiger partial charge in [0.05, 0.1) is 6.07 Å². The number of sulfone groups is 1. The SMILES string of the molecule is N#CC(CCSC(F)(F)F)S(=O)(=O)CC(F)(F)C(F)(F)C(F)(F)F. The first-order valence-electron chi connectivity index (χ1n) is 5.51. The van der Waals surface area contributed by atoms with Gasteiger partial charge in [0.15, 0.2) is 9.84 Å². The van der Waals surface area contributed by atoms with Crippen molar-refractivity contribution in [2.24, 2.45) is 0 Å². The molecule has 0 aliphatic heterocycles. The van der Waals surface area contributed by atoms with Crippen LogP contribution in [0.25, 0.3) is 0 Å². The van der Waals surface area contributed by atoms with Gasteiger partial charge in [-0.25, -0.2) is 8.42 Å². The molecular formula is C9H7F10NO2S2. The lowest BCUT2D eigenvalue weighted by Gasteiger charge is -2.28. The van der Waals surface area contributed by atoms with Crippen LogP contribution in [-0.2, 0) is 9.84 Å². The Morgan fingerprint density at radius 3 is 1.75 bits per heavy atom. The van der Waals surface area contributed by atoms with Crippen LogP contribution in [-0.4, -0.2) is 48.7 Å². The molecule has 0 saturated heterocycles. The topological polar surface area (TPSA) is 57.9 Å². The number of alkyl halides is 10. The summed E-state index contributed by atoms with van der Waals surface area (Å²) in [6, 6.07) is 0.813. The Morgan fingerprint density at radius 1 is 0.958 bits per heavy atom. The van der Waals surface area contributed by atoms with E-state index < -0.39 is 68.3 Å². The maximum absolute atomic E-state index is 13.1. The van der Waals surface area contributed by atoms with Crippen molar-refractivity contribution in [1.82, 2.24) is 0 Å². The number of nitrogens with zero attached hydrogens (tertiary/aromatic N) is 1. The minimum absolute atomic E-state index is 0.810. The Balaban J connectivity index is 5.27. The molecule has 0 spiro atoms. The smallest absolute Gasteiger partial charge is 0.227 e. The van der Waals surface area contributed by atoms with Crippen molar-refractivity contribution in [3.05, 3.63) is 0 Å². The molecule has 0 heterocycles. The molecule has 0 aromatic heterocycles. The highest BCUT2D eigenvalue weighted by Crippen LogP contribution is 2.47. The second kappa shape index (κ2) is 7.14. The monoisotopic (exact) mass is 415 g/mol. The van der Waals surface area contributed by atoms with Gasteiger partial charge in [-0.15, -0.1) is 0 Å². The zero-order valence-corrected chi connectivity index (χ0v) is 12.7. The highest BCUT2D eigenvalue weighted by Gasteiger charge is 2.73. The third kappa shape index (κ3) is 5.87. The van der Waals surface area contributed by atoms with Gasteiger partial charge in [-0.2, -0.15) is 49.2 Å². The summed E-state index contributed by atoms with van der Waals surface area (Å²) in [6.45, 7) is 0. The van der Waals surface area contributed by atoms with Crippen molar-refractivity contribution in [3.8, 4) is 6.07 Å². The van der Waals surface area contributed by atoms with E-state index in [0.717, 1.165) is 6.07 Å². The van der Waals surface area contributed by atoms with Gasteiger partial charge < -0.3 is 0 Å². The molecule has 0 amide bonds. The van der Waals surface area contributed by atoms with E-state index in [1.807, 2.05) is 0 Å². The molecule has 24 heavy (non-hydrogen) atoms. The van der Waals surface area contributed by atoms with Gasteiger partial charge in [-0.1, -0.05) is 11.8 Å². The fraction of sp³-hybridized carbons (Fsp3) is 0.889. The summed E-state index contributed by atoms with van der Waals surface area (Å²) in [5.74, 6) is -16.9. The highest BCUT2D eigenvalue weighted by molar-refractivity contribution is 8.00. The molecule has 0 saturated carbocycles. The van der Waals surface area contributed by atoms with Gasteiger partial charge in [0.2, 0.25) is 0 Å². The average Bonchev–Trinajstić information content (AvgIpc) is 2.29. The van der Waals surface area contributed by atoms with Crippen LogP contribution in [0.2, 0.25) is 0 Å². The van der Waals surface area contributed by atoms with E-state index in [1.165, 1.54) is 0 Å². The van der Waals surface area contributed by atoms with Gasteiger partial charge in [-0.05, 0) is 6.42 Å². The van der Waals surface area contributed by atoms with Crippen LogP contribution in [0.1, 0.15) is 6.42 Å². The Labute approximate surface area is 132 Å². The van der Waals surface area contributed by atoms with E-state index in [4.69, 9.17) is 5.26 Å². The number of halogens is 10. The minimum Gasteiger partial charge on any atom is -0.227 e. The van der Waals surface area contributed by atoms with Crippen LogP contribution in [0.4, 0.5) is 43.9 Å². The molecule has 0 aromatic rings. The van der Waals surface area contributed by atoms with E-state index in [1.54, 1.807) is 0 Å². The molecule has 0 aliphatic carbocycles. The predicted octanol–water partition coefficient (Wildman–Crippen LogP) is 3.77. The van der Waals surface area contributed by atoms with Crippen molar-refractivity contribution in [3.63, 3.8) is 0 Å². The molecule has 0 rings (SSSR count). The lowest BCUT2D eigenvalue weighted by atomic mass is 10.2. The first-order valence-corrected chi connectivity index (χ1v) is 8.22. The largest absolute Gasteiger partial charge is 0.459 e. The van der Waals surface area contributed by atoms with Crippen molar-refractivity contribution in [2.75, 3.05) is 11.5 Å². The third-order valence-corrected chi connectivity index (χ3v) is 5.16. The van der Waals surface area contributed by atoms with Crippen LogP contribution in [0, 0.1) is 11.3 Å². The van der Waals surface area contributed by atoms with Crippen LogP contribution >= 0.6 is 11.8 Å². The Kier molecular flexibility index (Phi) is 6.87. The van der Waals surface area contributed by atoms with Crippen LogP contribution in [0.15, 0.2) is 0 Å². The summed E-state index contributed by atoms with van der Waals surface area (Å²) in [5, 5.41) is 5.88. The molecule has 0 radical (unpaired) electrons. The summed E-state index contributed by atoms with van der Waals surface area (Å²) in [5.41, 5.74) is -4.84. The van der Waals surface area contributed by atoms with E-state index in [0.29, 0.717) is 0 Å². The number of hydrogen-bond donors (Lipinski definition) is 0. The summed E-state index contributed by atoms with van der Waals surface area (Å²) in [7, 11) is -5.56. The number of nitriles is 1. The quantitative estimate of drug-likeness (QED) is 0.594. The maximum Gasteiger partial charge on any atom is 0.459 e. The maximum atomic E-state index is 13.1. The van der Waals surface area contributed by atoms with E-state index >= 15 is 0 Å². The van der Waals surface area contributed by atoms with Gasteiger partial charge in [0.25, 0.3) is 0 Å². The molecule has 0 aliphatic rings. The summed E-state index contributed by atoms with van der Waals surface area (Å²) < 4.78 is 145. The van der Waals surface area contributed by atoms with Crippen molar-refractivity contribution >= 4 is 21.6 Å². The van der Waals surface area contributed by atoms with Gasteiger partial charge >= 0.3 is 23.5 Å². The standard InChI is InChI=1S/C9H7F10NO2S2/c10-6(11,7(12,13)8(14,15)16)4-24(21,22)5(3-20)1-2-23-9(17,18)19/h5H,1-2,4H2. The zero-order chi connectivity index (χ0) is 19.6.